The summed E-state index contributed by atoms with van der Waals surface area (Å²) in [6.07, 6.45) is 0.207. The number of hydrogen-bond acceptors (Lipinski definition) is 4. The van der Waals surface area contributed by atoms with Gasteiger partial charge in [-0.2, -0.15) is 0 Å². The molecule has 7 aromatic rings. The molecule has 0 saturated carbocycles. The van der Waals surface area contributed by atoms with Gasteiger partial charge in [-0.3, -0.25) is 0 Å². The van der Waals surface area contributed by atoms with Crippen LogP contribution in [0.15, 0.2) is 120 Å². The fraction of sp³-hybridized carbons (Fsp3) is 0.195. The number of benzene rings is 3. The number of fused-ring (bicyclic) bond motifs is 3. The molecule has 0 saturated heterocycles. The third-order valence-electron chi connectivity index (χ3n) is 6.93. The topological polar surface area (TPSA) is 51.8 Å². The summed E-state index contributed by atoms with van der Waals surface area (Å²) in [5.41, 5.74) is 4.86. The minimum atomic E-state index is -2.35. The minimum Gasteiger partial charge on any atom is -0.486 e. The van der Waals surface area contributed by atoms with Crippen LogP contribution in [-0.4, -0.2) is 15.0 Å². The average Bonchev–Trinajstić information content (AvgIpc) is 3.50. The third-order valence-corrected chi connectivity index (χ3v) is 6.93. The van der Waals surface area contributed by atoms with Gasteiger partial charge in [-0.15, -0.1) is 54.1 Å². The maximum Gasteiger partial charge on any atom is 0.216 e. The maximum atomic E-state index is 8.78. The molecule has 0 unspecified atom stereocenters. The molecule has 3 aromatic carbocycles. The summed E-state index contributed by atoms with van der Waals surface area (Å²) in [7, 11) is 0. The van der Waals surface area contributed by atoms with Gasteiger partial charge in [0.2, 0.25) is 5.71 Å². The number of rotatable bonds is 6. The van der Waals surface area contributed by atoms with Crippen molar-refractivity contribution < 1.29 is 34.1 Å². The van der Waals surface area contributed by atoms with Crippen molar-refractivity contribution in [1.82, 2.24) is 15.0 Å². The first-order chi connectivity index (χ1) is 24.5. The fourth-order valence-electron chi connectivity index (χ4n) is 4.92. The molecule has 0 N–H and O–H groups in total. The molecule has 7 rings (SSSR count). The number of aromatic nitrogens is 3. The Morgan fingerprint density at radius 2 is 1.57 bits per heavy atom. The predicted octanol–water partition coefficient (Wildman–Crippen LogP) is 10.1. The second-order valence-corrected chi connectivity index (χ2v) is 11.6. The first-order valence-electron chi connectivity index (χ1n) is 18.2. The summed E-state index contributed by atoms with van der Waals surface area (Å²) >= 11 is 0. The first kappa shape index (κ1) is 24.7. The minimum absolute atomic E-state index is 0. The van der Waals surface area contributed by atoms with Gasteiger partial charge >= 0.3 is 0 Å². The van der Waals surface area contributed by atoms with Gasteiger partial charge in [-0.1, -0.05) is 79.7 Å². The number of furan rings is 1. The van der Waals surface area contributed by atoms with E-state index in [0.717, 1.165) is 16.6 Å². The maximum absolute atomic E-state index is 8.78. The van der Waals surface area contributed by atoms with Gasteiger partial charge in [-0.25, -0.2) is 4.98 Å². The Morgan fingerprint density at radius 1 is 0.761 bits per heavy atom. The van der Waals surface area contributed by atoms with Crippen molar-refractivity contribution in [3.63, 3.8) is 0 Å². The van der Waals surface area contributed by atoms with E-state index in [2.05, 4.69) is 27.1 Å². The molecule has 0 aliphatic carbocycles. The molecule has 0 aliphatic heterocycles. The smallest absolute Gasteiger partial charge is 0.216 e. The largest absolute Gasteiger partial charge is 0.486 e. The van der Waals surface area contributed by atoms with Crippen molar-refractivity contribution in [2.75, 3.05) is 0 Å². The second-order valence-electron chi connectivity index (χ2n) is 11.6. The van der Waals surface area contributed by atoms with Crippen molar-refractivity contribution in [3.05, 3.63) is 150 Å². The van der Waals surface area contributed by atoms with E-state index in [-0.39, 0.29) is 37.9 Å². The Bertz CT molecular complexity index is 2270. The molecule has 1 radical (unpaired) electrons. The molecule has 5 heteroatoms. The zero-order valence-electron chi connectivity index (χ0n) is 32.8. The van der Waals surface area contributed by atoms with E-state index >= 15 is 0 Å². The van der Waals surface area contributed by atoms with Crippen molar-refractivity contribution in [2.45, 2.75) is 46.8 Å². The summed E-state index contributed by atoms with van der Waals surface area (Å²) in [6.45, 7) is 3.18. The van der Waals surface area contributed by atoms with Crippen molar-refractivity contribution in [1.29, 1.82) is 0 Å². The zero-order valence-corrected chi connectivity index (χ0v) is 28.2. The molecule has 46 heavy (non-hydrogen) atoms. The van der Waals surface area contributed by atoms with E-state index in [1.165, 1.54) is 6.07 Å². The van der Waals surface area contributed by atoms with Crippen LogP contribution < -0.4 is 0 Å². The molecule has 4 nitrogen and oxygen atoms in total. The van der Waals surface area contributed by atoms with E-state index in [4.69, 9.17) is 14.0 Å². The van der Waals surface area contributed by atoms with Gasteiger partial charge in [0.15, 0.2) is 0 Å². The van der Waals surface area contributed by atoms with Crippen LogP contribution >= 0.6 is 0 Å². The van der Waals surface area contributed by atoms with Gasteiger partial charge in [0.1, 0.15) is 0 Å². The zero-order chi connectivity index (χ0) is 37.3. The third kappa shape index (κ3) is 8.23. The van der Waals surface area contributed by atoms with Crippen molar-refractivity contribution in [3.8, 4) is 22.5 Å². The average molecular weight is 787 g/mol. The molecular formula is C41H37IrN3O-2. The monoisotopic (exact) mass is 787 g/mol. The Hall–Kier alpha value is -4.44. The quantitative estimate of drug-likeness (QED) is 0.158. The number of nitrogens with zero attached hydrogens (tertiary/aromatic N) is 3. The van der Waals surface area contributed by atoms with Crippen LogP contribution in [0.25, 0.3) is 44.6 Å². The second kappa shape index (κ2) is 14.8. The van der Waals surface area contributed by atoms with E-state index in [1.807, 2.05) is 69.3 Å². The van der Waals surface area contributed by atoms with E-state index in [9.17, 15) is 0 Å². The molecule has 0 bridgehead atoms. The normalized spacial score (nSPS) is 14.3. The predicted molar refractivity (Wildman–Crippen MR) is 184 cm³/mol. The molecule has 0 aliphatic rings. The van der Waals surface area contributed by atoms with Gasteiger partial charge in [0.25, 0.3) is 0 Å². The van der Waals surface area contributed by atoms with Gasteiger partial charge in [0, 0.05) is 53.2 Å². The van der Waals surface area contributed by atoms with E-state index in [0.29, 0.717) is 38.9 Å². The van der Waals surface area contributed by atoms with Crippen LogP contribution in [0, 0.1) is 24.4 Å². The molecule has 0 fully saturated rings. The Balaban J connectivity index is 0.000000352. The van der Waals surface area contributed by atoms with Gasteiger partial charge < -0.3 is 14.4 Å². The molecule has 0 amide bonds. The van der Waals surface area contributed by atoms with Gasteiger partial charge in [-0.05, 0) is 78.2 Å². The van der Waals surface area contributed by atoms with Crippen LogP contribution in [0.4, 0.5) is 0 Å². The fourth-order valence-corrected chi connectivity index (χ4v) is 4.92. The van der Waals surface area contributed by atoms with Crippen LogP contribution in [0.3, 0.4) is 0 Å². The van der Waals surface area contributed by atoms with Gasteiger partial charge in [0.05, 0.1) is 5.58 Å². The van der Waals surface area contributed by atoms with Crippen LogP contribution in [0.5, 0.6) is 0 Å². The number of hydrogen-bond donors (Lipinski definition) is 0. The molecule has 233 valence electrons. The number of pyridine rings is 3. The summed E-state index contributed by atoms with van der Waals surface area (Å²) in [5, 5.41) is 1.44. The molecule has 4 aromatic heterocycles. The number of aryl methyl sites for hydroxylation is 3. The Morgan fingerprint density at radius 3 is 2.30 bits per heavy atom. The van der Waals surface area contributed by atoms with E-state index < -0.39 is 25.0 Å². The standard InChI is InChI=1S/C30H29N2O.C11H8N.Ir/c1-20-8-15-25-24-6-5-7-26(28(24)33-29(25)32-20)27-18-22(16-17-31-27)12-9-21-10-13-23(14-11-21)19-30(2,3)4;1-2-6-10(7-3-1)11-8-4-5-9-12-11;/h5-6,8,10-11,13-18H,9,12,19H2,1-4H3;1-6,8-9H;/q2*-1;/i1D3,9D2,19D2;;. The molecule has 4 heterocycles. The SMILES string of the molecule is [2H]C([2H])([2H])c1ccc2c(n1)oc1c(-c3cc(CC([2H])([2H])c4ccc(C([2H])([2H])C(C)(C)C)cc4)ccn3)[c-]ccc12.[Ir].[c-]1ccccc1-c1ccccn1. The summed E-state index contributed by atoms with van der Waals surface area (Å²) in [5.74, 6) is 0. The summed E-state index contributed by atoms with van der Waals surface area (Å²) in [6, 6.07) is 36.9. The molecular weight excluding hydrogens is 743 g/mol. The Labute approximate surface area is 295 Å². The summed E-state index contributed by atoms with van der Waals surface area (Å²) < 4.78 is 63.5. The summed E-state index contributed by atoms with van der Waals surface area (Å²) in [4.78, 5) is 12.9. The van der Waals surface area contributed by atoms with Crippen molar-refractivity contribution >= 4 is 22.1 Å². The van der Waals surface area contributed by atoms with Crippen LogP contribution in [-0.2, 0) is 39.3 Å². The molecule has 0 spiro atoms. The van der Waals surface area contributed by atoms with E-state index in [1.54, 1.807) is 60.9 Å². The van der Waals surface area contributed by atoms with Crippen molar-refractivity contribution in [2.24, 2.45) is 5.41 Å². The Kier molecular flexibility index (Phi) is 7.95. The van der Waals surface area contributed by atoms with Crippen LogP contribution in [0.2, 0.25) is 0 Å². The first-order valence-corrected chi connectivity index (χ1v) is 14.7. The van der Waals surface area contributed by atoms with Crippen LogP contribution in [0.1, 0.15) is 52.8 Å². The molecule has 0 atom stereocenters.